The van der Waals surface area contributed by atoms with E-state index >= 15 is 0 Å². The standard InChI is InChI=1S/C20H21F6N3O4/c21-19(22,23)7-1-2-16-28-15(12-3-5-13(6-4-12)20(24,25)26)8-18(33)29(16)10-17(32)27-9-14(31)11-30/h3-6,8,14,30-31H,1-2,7,9-11H2,(H,27,32). The van der Waals surface area contributed by atoms with Crippen LogP contribution in [0.1, 0.15) is 24.2 Å². The number of hydrogen-bond acceptors (Lipinski definition) is 5. The molecule has 0 saturated heterocycles. The summed E-state index contributed by atoms with van der Waals surface area (Å²) in [5.41, 5.74) is -1.63. The molecule has 1 heterocycles. The van der Waals surface area contributed by atoms with Crippen molar-refractivity contribution < 1.29 is 41.4 Å². The molecule has 1 amide bonds. The molecule has 182 valence electrons. The molecule has 0 saturated carbocycles. The number of aryl methyl sites for hydroxylation is 1. The maximum Gasteiger partial charge on any atom is 0.416 e. The van der Waals surface area contributed by atoms with E-state index in [1.807, 2.05) is 0 Å². The largest absolute Gasteiger partial charge is 0.416 e. The van der Waals surface area contributed by atoms with E-state index in [2.05, 4.69) is 10.3 Å². The van der Waals surface area contributed by atoms with Gasteiger partial charge in [0.2, 0.25) is 5.91 Å². The van der Waals surface area contributed by atoms with Crippen LogP contribution in [0.3, 0.4) is 0 Å². The number of benzene rings is 1. The summed E-state index contributed by atoms with van der Waals surface area (Å²) in [6, 6.07) is 4.69. The van der Waals surface area contributed by atoms with Crippen molar-refractivity contribution >= 4 is 5.91 Å². The van der Waals surface area contributed by atoms with Crippen molar-refractivity contribution in [3.8, 4) is 11.3 Å². The molecule has 0 aliphatic rings. The van der Waals surface area contributed by atoms with Gasteiger partial charge >= 0.3 is 12.4 Å². The smallest absolute Gasteiger partial charge is 0.394 e. The molecule has 1 aromatic heterocycles. The Kier molecular flexibility index (Phi) is 8.61. The highest BCUT2D eigenvalue weighted by atomic mass is 19.4. The average Bonchev–Trinajstić information content (AvgIpc) is 2.72. The van der Waals surface area contributed by atoms with Gasteiger partial charge in [0.05, 0.1) is 24.0 Å². The van der Waals surface area contributed by atoms with Crippen molar-refractivity contribution in [2.45, 2.75) is 44.3 Å². The maximum atomic E-state index is 12.8. The number of carbonyl (C=O) groups excluding carboxylic acids is 1. The lowest BCUT2D eigenvalue weighted by Crippen LogP contribution is -2.38. The minimum absolute atomic E-state index is 0.0527. The summed E-state index contributed by atoms with van der Waals surface area (Å²) >= 11 is 0. The van der Waals surface area contributed by atoms with Crippen LogP contribution in [0.2, 0.25) is 0 Å². The van der Waals surface area contributed by atoms with Crippen LogP contribution in [0.4, 0.5) is 26.3 Å². The Bertz CT molecular complexity index is 1000. The summed E-state index contributed by atoms with van der Waals surface area (Å²) in [5.74, 6) is -0.912. The zero-order valence-corrected chi connectivity index (χ0v) is 17.1. The number of alkyl halides is 6. The van der Waals surface area contributed by atoms with Crippen molar-refractivity contribution in [3.63, 3.8) is 0 Å². The highest BCUT2D eigenvalue weighted by Gasteiger charge is 2.30. The lowest BCUT2D eigenvalue weighted by Gasteiger charge is -2.15. The molecule has 1 unspecified atom stereocenters. The van der Waals surface area contributed by atoms with Gasteiger partial charge < -0.3 is 15.5 Å². The van der Waals surface area contributed by atoms with E-state index in [1.165, 1.54) is 0 Å². The molecule has 7 nitrogen and oxygen atoms in total. The zero-order valence-electron chi connectivity index (χ0n) is 17.1. The number of nitrogens with zero attached hydrogens (tertiary/aromatic N) is 2. The second-order valence-corrected chi connectivity index (χ2v) is 7.17. The van der Waals surface area contributed by atoms with Crippen molar-refractivity contribution in [1.29, 1.82) is 0 Å². The van der Waals surface area contributed by atoms with Gasteiger partial charge in [-0.3, -0.25) is 14.2 Å². The highest BCUT2D eigenvalue weighted by molar-refractivity contribution is 5.75. The van der Waals surface area contributed by atoms with Gasteiger partial charge in [-0.05, 0) is 18.6 Å². The highest BCUT2D eigenvalue weighted by Crippen LogP contribution is 2.30. The van der Waals surface area contributed by atoms with Crippen molar-refractivity contribution in [3.05, 3.63) is 52.1 Å². The van der Waals surface area contributed by atoms with Crippen LogP contribution in [0.15, 0.2) is 35.1 Å². The van der Waals surface area contributed by atoms with Gasteiger partial charge in [0.1, 0.15) is 12.4 Å². The van der Waals surface area contributed by atoms with E-state index in [0.717, 1.165) is 34.9 Å². The number of nitrogens with one attached hydrogen (secondary N) is 1. The number of aliphatic hydroxyl groups excluding tert-OH is 2. The Morgan fingerprint density at radius 1 is 1.12 bits per heavy atom. The second-order valence-electron chi connectivity index (χ2n) is 7.17. The lowest BCUT2D eigenvalue weighted by molar-refractivity contribution is -0.137. The molecule has 1 atom stereocenters. The Morgan fingerprint density at radius 2 is 1.76 bits per heavy atom. The number of aliphatic hydroxyl groups is 2. The monoisotopic (exact) mass is 481 g/mol. The van der Waals surface area contributed by atoms with Crippen molar-refractivity contribution in [1.82, 2.24) is 14.9 Å². The number of amides is 1. The number of carbonyl (C=O) groups is 1. The predicted octanol–water partition coefficient (Wildman–Crippen LogP) is 2.28. The minimum atomic E-state index is -4.57. The molecule has 2 aromatic rings. The van der Waals surface area contributed by atoms with Gasteiger partial charge in [-0.1, -0.05) is 12.1 Å². The van der Waals surface area contributed by atoms with Gasteiger partial charge in [-0.2, -0.15) is 26.3 Å². The summed E-state index contributed by atoms with van der Waals surface area (Å²) in [6.07, 6.45) is -12.2. The molecule has 0 aliphatic heterocycles. The van der Waals surface area contributed by atoms with E-state index in [-0.39, 0.29) is 30.0 Å². The normalized spacial score (nSPS) is 13.1. The van der Waals surface area contributed by atoms with Crippen molar-refractivity contribution in [2.75, 3.05) is 13.2 Å². The molecular weight excluding hydrogens is 460 g/mol. The maximum absolute atomic E-state index is 12.8. The summed E-state index contributed by atoms with van der Waals surface area (Å²) in [4.78, 5) is 28.8. The fraction of sp³-hybridized carbons (Fsp3) is 0.450. The lowest BCUT2D eigenvalue weighted by atomic mass is 10.1. The quantitative estimate of drug-likeness (QED) is 0.477. The van der Waals surface area contributed by atoms with E-state index < -0.39 is 61.5 Å². The average molecular weight is 481 g/mol. The summed E-state index contributed by atoms with van der Waals surface area (Å²) in [7, 11) is 0. The van der Waals surface area contributed by atoms with Crippen LogP contribution in [0.5, 0.6) is 0 Å². The van der Waals surface area contributed by atoms with Gasteiger partial charge in [0, 0.05) is 31.0 Å². The first-order valence-electron chi connectivity index (χ1n) is 9.71. The van der Waals surface area contributed by atoms with Crippen LogP contribution < -0.4 is 10.9 Å². The third-order valence-electron chi connectivity index (χ3n) is 4.50. The Hall–Kier alpha value is -2.93. The molecule has 33 heavy (non-hydrogen) atoms. The fourth-order valence-corrected chi connectivity index (χ4v) is 2.83. The molecule has 2 rings (SSSR count). The first-order valence-corrected chi connectivity index (χ1v) is 9.71. The van der Waals surface area contributed by atoms with E-state index in [4.69, 9.17) is 5.11 Å². The van der Waals surface area contributed by atoms with Crippen molar-refractivity contribution in [2.24, 2.45) is 0 Å². The van der Waals surface area contributed by atoms with Crippen LogP contribution >= 0.6 is 0 Å². The van der Waals surface area contributed by atoms with Crippen LogP contribution in [-0.4, -0.2) is 51.1 Å². The number of halogens is 6. The third kappa shape index (κ3) is 8.17. The van der Waals surface area contributed by atoms with Gasteiger partial charge in [-0.25, -0.2) is 4.98 Å². The molecule has 0 bridgehead atoms. The molecular formula is C20H21F6N3O4. The molecule has 0 fully saturated rings. The third-order valence-corrected chi connectivity index (χ3v) is 4.50. The van der Waals surface area contributed by atoms with E-state index in [9.17, 15) is 41.0 Å². The second kappa shape index (κ2) is 10.8. The minimum Gasteiger partial charge on any atom is -0.394 e. The number of aromatic nitrogens is 2. The molecule has 1 aromatic carbocycles. The topological polar surface area (TPSA) is 104 Å². The first-order chi connectivity index (χ1) is 15.3. The van der Waals surface area contributed by atoms with E-state index in [1.54, 1.807) is 0 Å². The summed E-state index contributed by atoms with van der Waals surface area (Å²) < 4.78 is 76.8. The number of hydrogen-bond donors (Lipinski definition) is 3. The molecule has 0 aliphatic carbocycles. The van der Waals surface area contributed by atoms with Crippen LogP contribution in [-0.2, 0) is 23.9 Å². The Morgan fingerprint density at radius 3 is 2.30 bits per heavy atom. The van der Waals surface area contributed by atoms with Crippen LogP contribution in [0.25, 0.3) is 11.3 Å². The molecule has 0 spiro atoms. The Labute approximate surface area is 183 Å². The first kappa shape index (κ1) is 26.3. The van der Waals surface area contributed by atoms with Gasteiger partial charge in [0.15, 0.2) is 0 Å². The molecule has 3 N–H and O–H groups in total. The fourth-order valence-electron chi connectivity index (χ4n) is 2.83. The Balaban J connectivity index is 2.34. The zero-order chi connectivity index (χ0) is 24.8. The predicted molar refractivity (Wildman–Crippen MR) is 104 cm³/mol. The molecule has 0 radical (unpaired) electrons. The van der Waals surface area contributed by atoms with Crippen LogP contribution in [0, 0.1) is 0 Å². The van der Waals surface area contributed by atoms with Gasteiger partial charge in [0.25, 0.3) is 5.56 Å². The summed E-state index contributed by atoms with van der Waals surface area (Å²) in [5, 5.41) is 20.3. The molecule has 13 heteroatoms. The number of rotatable bonds is 9. The van der Waals surface area contributed by atoms with E-state index in [0.29, 0.717) is 0 Å². The SMILES string of the molecule is O=C(Cn1c(CCCC(F)(F)F)nc(-c2ccc(C(F)(F)F)cc2)cc1=O)NCC(O)CO. The van der Waals surface area contributed by atoms with Gasteiger partial charge in [-0.15, -0.1) is 0 Å². The summed E-state index contributed by atoms with van der Waals surface area (Å²) in [6.45, 7) is -1.55.